The fraction of sp³-hybridized carbons (Fsp3) is 0.333. The maximum Gasteiger partial charge on any atom is 0.119 e. The molecule has 2 aromatic carbocycles. The molecule has 0 bridgehead atoms. The number of ether oxygens (including phenoxy) is 1. The van der Waals surface area contributed by atoms with Crippen LogP contribution in [0.15, 0.2) is 42.5 Å². The summed E-state index contributed by atoms with van der Waals surface area (Å²) >= 11 is 0. The lowest BCUT2D eigenvalue weighted by atomic mass is 10.1. The molecule has 2 rings (SSSR count). The predicted octanol–water partition coefficient (Wildman–Crippen LogP) is 4.33. The van der Waals surface area contributed by atoms with Gasteiger partial charge in [0.2, 0.25) is 0 Å². The van der Waals surface area contributed by atoms with Gasteiger partial charge in [-0.3, -0.25) is 0 Å². The second-order valence-corrected chi connectivity index (χ2v) is 5.20. The van der Waals surface area contributed by atoms with Gasteiger partial charge in [0.25, 0.3) is 0 Å². The van der Waals surface area contributed by atoms with Crippen molar-refractivity contribution < 1.29 is 9.84 Å². The number of rotatable bonds is 5. The Hall–Kier alpha value is -1.80. The molecule has 2 nitrogen and oxygen atoms in total. The van der Waals surface area contributed by atoms with Crippen molar-refractivity contribution >= 4 is 0 Å². The summed E-state index contributed by atoms with van der Waals surface area (Å²) in [6.07, 6.45) is 0.340. The summed E-state index contributed by atoms with van der Waals surface area (Å²) in [6, 6.07) is 14.0. The highest BCUT2D eigenvalue weighted by molar-refractivity contribution is 5.31. The average Bonchev–Trinajstić information content (AvgIpc) is 2.48. The van der Waals surface area contributed by atoms with Crippen LogP contribution in [0.3, 0.4) is 0 Å². The lowest BCUT2D eigenvalue weighted by molar-refractivity contribution is 0.173. The van der Waals surface area contributed by atoms with Gasteiger partial charge in [0.05, 0.1) is 6.10 Å². The van der Waals surface area contributed by atoms with E-state index in [0.717, 1.165) is 17.7 Å². The molecule has 0 saturated carbocycles. The minimum absolute atomic E-state index is 0.385. The van der Waals surface area contributed by atoms with Gasteiger partial charge in [0, 0.05) is 0 Å². The summed E-state index contributed by atoms with van der Waals surface area (Å²) in [7, 11) is 0. The van der Waals surface area contributed by atoms with E-state index in [4.69, 9.17) is 4.74 Å². The molecule has 106 valence electrons. The second-order valence-electron chi connectivity index (χ2n) is 5.20. The monoisotopic (exact) mass is 270 g/mol. The quantitative estimate of drug-likeness (QED) is 0.876. The van der Waals surface area contributed by atoms with Gasteiger partial charge >= 0.3 is 0 Å². The van der Waals surface area contributed by atoms with Gasteiger partial charge in [-0.25, -0.2) is 0 Å². The number of hydrogen-bond donors (Lipinski definition) is 1. The van der Waals surface area contributed by atoms with Crippen LogP contribution in [0.2, 0.25) is 0 Å². The summed E-state index contributed by atoms with van der Waals surface area (Å²) in [5.74, 6) is 0.829. The highest BCUT2D eigenvalue weighted by Crippen LogP contribution is 2.20. The first-order valence-electron chi connectivity index (χ1n) is 7.07. The number of aliphatic hydroxyl groups is 1. The minimum Gasteiger partial charge on any atom is -0.489 e. The van der Waals surface area contributed by atoms with Crippen molar-refractivity contribution in [3.8, 4) is 5.75 Å². The molecule has 1 atom stereocenters. The molecule has 0 aliphatic rings. The maximum atomic E-state index is 9.74. The molecule has 0 radical (unpaired) electrons. The van der Waals surface area contributed by atoms with Crippen LogP contribution < -0.4 is 4.74 Å². The van der Waals surface area contributed by atoms with E-state index in [1.807, 2.05) is 31.2 Å². The largest absolute Gasteiger partial charge is 0.489 e. The fourth-order valence-corrected chi connectivity index (χ4v) is 2.08. The molecular formula is C18H22O2. The zero-order valence-corrected chi connectivity index (χ0v) is 12.4. The van der Waals surface area contributed by atoms with E-state index in [-0.39, 0.29) is 6.10 Å². The molecular weight excluding hydrogens is 248 g/mol. The van der Waals surface area contributed by atoms with Crippen molar-refractivity contribution in [1.82, 2.24) is 0 Å². The van der Waals surface area contributed by atoms with Crippen LogP contribution in [0.1, 0.15) is 41.7 Å². The summed E-state index contributed by atoms with van der Waals surface area (Å²) in [4.78, 5) is 0. The van der Waals surface area contributed by atoms with Crippen LogP contribution in [0.25, 0.3) is 0 Å². The predicted molar refractivity (Wildman–Crippen MR) is 81.9 cm³/mol. The fourth-order valence-electron chi connectivity index (χ4n) is 2.08. The smallest absolute Gasteiger partial charge is 0.119 e. The molecule has 0 heterocycles. The zero-order chi connectivity index (χ0) is 14.5. The summed E-state index contributed by atoms with van der Waals surface area (Å²) < 4.78 is 5.77. The van der Waals surface area contributed by atoms with E-state index < -0.39 is 0 Å². The van der Waals surface area contributed by atoms with Crippen molar-refractivity contribution in [2.75, 3.05) is 0 Å². The van der Waals surface area contributed by atoms with Gasteiger partial charge in [-0.1, -0.05) is 37.3 Å². The second kappa shape index (κ2) is 6.58. The lowest BCUT2D eigenvalue weighted by Crippen LogP contribution is -1.98. The molecule has 0 spiro atoms. The molecule has 0 aliphatic heterocycles. The van der Waals surface area contributed by atoms with Crippen LogP contribution in [0.4, 0.5) is 0 Å². The van der Waals surface area contributed by atoms with Crippen molar-refractivity contribution in [1.29, 1.82) is 0 Å². The molecule has 0 unspecified atom stereocenters. The standard InChI is InChI=1S/C18H22O2/c1-4-18(19)16-7-9-17(10-8-16)20-12-15-6-5-13(2)14(3)11-15/h5-11,18-19H,4,12H2,1-3H3/t18-/m0/s1. The molecule has 20 heavy (non-hydrogen) atoms. The maximum absolute atomic E-state index is 9.74. The zero-order valence-electron chi connectivity index (χ0n) is 12.4. The lowest BCUT2D eigenvalue weighted by Gasteiger charge is -2.11. The van der Waals surface area contributed by atoms with Crippen molar-refractivity contribution in [2.24, 2.45) is 0 Å². The molecule has 0 fully saturated rings. The first-order chi connectivity index (χ1) is 9.60. The van der Waals surface area contributed by atoms with Crippen molar-refractivity contribution in [2.45, 2.75) is 39.9 Å². The summed E-state index contributed by atoms with van der Waals surface area (Å²) in [5, 5.41) is 9.74. The van der Waals surface area contributed by atoms with Crippen molar-refractivity contribution in [3.63, 3.8) is 0 Å². The van der Waals surface area contributed by atoms with Gasteiger partial charge in [0.15, 0.2) is 0 Å². The van der Waals surface area contributed by atoms with Gasteiger partial charge in [-0.2, -0.15) is 0 Å². The minimum atomic E-state index is -0.385. The Bertz CT molecular complexity index is 558. The Labute approximate surface area is 121 Å². The van der Waals surface area contributed by atoms with E-state index >= 15 is 0 Å². The highest BCUT2D eigenvalue weighted by Gasteiger charge is 2.04. The third-order valence-electron chi connectivity index (χ3n) is 3.63. The first kappa shape index (κ1) is 14.6. The molecule has 0 aromatic heterocycles. The molecule has 2 heteroatoms. The van der Waals surface area contributed by atoms with Crippen LogP contribution in [0, 0.1) is 13.8 Å². The van der Waals surface area contributed by atoms with Crippen LogP contribution in [-0.4, -0.2) is 5.11 Å². The van der Waals surface area contributed by atoms with Crippen LogP contribution in [0.5, 0.6) is 5.75 Å². The Morgan fingerprint density at radius 3 is 2.30 bits per heavy atom. The summed E-state index contributed by atoms with van der Waals surface area (Å²) in [6.45, 7) is 6.75. The Kier molecular flexibility index (Phi) is 4.80. The van der Waals surface area contributed by atoms with Crippen LogP contribution in [-0.2, 0) is 6.61 Å². The van der Waals surface area contributed by atoms with E-state index in [1.165, 1.54) is 16.7 Å². The molecule has 1 N–H and O–H groups in total. The third kappa shape index (κ3) is 3.61. The van der Waals surface area contributed by atoms with E-state index in [1.54, 1.807) is 0 Å². The average molecular weight is 270 g/mol. The normalized spacial score (nSPS) is 12.2. The number of hydrogen-bond acceptors (Lipinski definition) is 2. The summed E-state index contributed by atoms with van der Waals surface area (Å²) in [5.41, 5.74) is 4.69. The van der Waals surface area contributed by atoms with E-state index in [9.17, 15) is 5.11 Å². The molecule has 0 aliphatic carbocycles. The Morgan fingerprint density at radius 1 is 1.00 bits per heavy atom. The Balaban J connectivity index is 1.98. The third-order valence-corrected chi connectivity index (χ3v) is 3.63. The topological polar surface area (TPSA) is 29.5 Å². The highest BCUT2D eigenvalue weighted by atomic mass is 16.5. The number of aliphatic hydroxyl groups excluding tert-OH is 1. The molecule has 0 saturated heterocycles. The van der Waals surface area contributed by atoms with E-state index in [2.05, 4.69) is 32.0 Å². The van der Waals surface area contributed by atoms with Gasteiger partial charge in [-0.15, -0.1) is 0 Å². The van der Waals surface area contributed by atoms with Crippen LogP contribution >= 0.6 is 0 Å². The number of benzene rings is 2. The Morgan fingerprint density at radius 2 is 1.70 bits per heavy atom. The van der Waals surface area contributed by atoms with Gasteiger partial charge in [-0.05, 0) is 54.7 Å². The molecule has 2 aromatic rings. The van der Waals surface area contributed by atoms with E-state index in [0.29, 0.717) is 6.61 Å². The first-order valence-corrected chi connectivity index (χ1v) is 7.07. The number of aryl methyl sites for hydroxylation is 2. The van der Waals surface area contributed by atoms with Gasteiger partial charge < -0.3 is 9.84 Å². The van der Waals surface area contributed by atoms with Gasteiger partial charge in [0.1, 0.15) is 12.4 Å². The molecule has 0 amide bonds. The SMILES string of the molecule is CC[C@H](O)c1ccc(OCc2ccc(C)c(C)c2)cc1. The van der Waals surface area contributed by atoms with Crippen molar-refractivity contribution in [3.05, 3.63) is 64.7 Å².